The first-order valence-corrected chi connectivity index (χ1v) is 4.80. The van der Waals surface area contributed by atoms with Crippen molar-refractivity contribution in [2.24, 2.45) is 0 Å². The highest BCUT2D eigenvalue weighted by Crippen LogP contribution is 2.35. The van der Waals surface area contributed by atoms with E-state index in [1.54, 1.807) is 18.2 Å². The van der Waals surface area contributed by atoms with Crippen molar-refractivity contribution in [2.45, 2.75) is 0 Å². The van der Waals surface area contributed by atoms with Crippen molar-refractivity contribution in [1.82, 2.24) is 15.4 Å². The van der Waals surface area contributed by atoms with E-state index in [4.69, 9.17) is 14.6 Å². The molecule has 2 N–H and O–H groups in total. The maximum atomic E-state index is 10.9. The van der Waals surface area contributed by atoms with E-state index in [2.05, 4.69) is 15.4 Å². The molecule has 0 aliphatic carbocycles. The number of carboxylic acids is 1. The first-order chi connectivity index (χ1) is 8.25. The second-order valence-corrected chi connectivity index (χ2v) is 3.41. The third-order valence-electron chi connectivity index (χ3n) is 2.41. The first-order valence-electron chi connectivity index (χ1n) is 4.80. The maximum Gasteiger partial charge on any atom is 0.356 e. The number of nitrogens with zero attached hydrogens (tertiary/aromatic N) is 2. The van der Waals surface area contributed by atoms with Gasteiger partial charge in [0.2, 0.25) is 6.79 Å². The third-order valence-corrected chi connectivity index (χ3v) is 2.41. The minimum atomic E-state index is -1.11. The zero-order valence-corrected chi connectivity index (χ0v) is 8.51. The number of H-pyrrole nitrogens is 1. The summed E-state index contributed by atoms with van der Waals surface area (Å²) < 4.78 is 10.4. The Balaban J connectivity index is 2.09. The van der Waals surface area contributed by atoms with Gasteiger partial charge in [-0.2, -0.15) is 0 Å². The van der Waals surface area contributed by atoms with Gasteiger partial charge < -0.3 is 14.6 Å². The van der Waals surface area contributed by atoms with E-state index in [1.165, 1.54) is 0 Å². The van der Waals surface area contributed by atoms with Gasteiger partial charge in [-0.3, -0.25) is 5.10 Å². The maximum absolute atomic E-state index is 10.9. The number of aromatic nitrogens is 3. The summed E-state index contributed by atoms with van der Waals surface area (Å²) in [5.74, 6) is 0.0959. The van der Waals surface area contributed by atoms with E-state index in [0.29, 0.717) is 17.1 Å². The molecule has 2 aromatic rings. The van der Waals surface area contributed by atoms with Crippen molar-refractivity contribution in [2.75, 3.05) is 6.79 Å². The fourth-order valence-electron chi connectivity index (χ4n) is 1.62. The third kappa shape index (κ3) is 1.48. The molecular weight excluding hydrogens is 226 g/mol. The number of rotatable bonds is 2. The number of hydrogen-bond donors (Lipinski definition) is 2. The van der Waals surface area contributed by atoms with Crippen molar-refractivity contribution < 1.29 is 19.4 Å². The molecular formula is C10H7N3O4. The summed E-state index contributed by atoms with van der Waals surface area (Å²) in [5.41, 5.74) is 0.833. The molecule has 17 heavy (non-hydrogen) atoms. The fraction of sp³-hybridized carbons (Fsp3) is 0.100. The molecule has 0 unspecified atom stereocenters. The van der Waals surface area contributed by atoms with E-state index in [-0.39, 0.29) is 18.2 Å². The number of hydrogen-bond acceptors (Lipinski definition) is 5. The van der Waals surface area contributed by atoms with Gasteiger partial charge in [0.25, 0.3) is 0 Å². The Morgan fingerprint density at radius 3 is 3.00 bits per heavy atom. The minimum absolute atomic E-state index is 0.0520. The number of aromatic carboxylic acids is 1. The molecule has 86 valence electrons. The summed E-state index contributed by atoms with van der Waals surface area (Å²) in [6.45, 7) is 0.170. The molecule has 0 bridgehead atoms. The molecule has 0 fully saturated rings. The van der Waals surface area contributed by atoms with Crippen LogP contribution in [-0.2, 0) is 0 Å². The number of carboxylic acid groups (broad SMARTS) is 1. The van der Waals surface area contributed by atoms with Crippen LogP contribution in [0.4, 0.5) is 0 Å². The van der Waals surface area contributed by atoms with Crippen molar-refractivity contribution in [3.63, 3.8) is 0 Å². The van der Waals surface area contributed by atoms with Crippen LogP contribution in [0, 0.1) is 0 Å². The molecule has 0 saturated carbocycles. The molecule has 1 aromatic carbocycles. The molecule has 1 aromatic heterocycles. The molecule has 0 radical (unpaired) electrons. The van der Waals surface area contributed by atoms with Crippen LogP contribution >= 0.6 is 0 Å². The van der Waals surface area contributed by atoms with Crippen LogP contribution < -0.4 is 9.47 Å². The molecule has 2 heterocycles. The highest BCUT2D eigenvalue weighted by atomic mass is 16.7. The molecule has 0 spiro atoms. The SMILES string of the molecule is O=C(O)c1[nH]nnc1-c1ccc2c(c1)OCO2. The van der Waals surface area contributed by atoms with Gasteiger partial charge in [0.05, 0.1) is 0 Å². The van der Waals surface area contributed by atoms with Crippen molar-refractivity contribution in [1.29, 1.82) is 0 Å². The molecule has 1 aliphatic rings. The monoisotopic (exact) mass is 233 g/mol. The Hall–Kier alpha value is -2.57. The lowest BCUT2D eigenvalue weighted by molar-refractivity contribution is 0.0691. The topological polar surface area (TPSA) is 97.3 Å². The van der Waals surface area contributed by atoms with Crippen molar-refractivity contribution >= 4 is 5.97 Å². The number of carbonyl (C=O) groups is 1. The Morgan fingerprint density at radius 2 is 2.18 bits per heavy atom. The van der Waals surface area contributed by atoms with E-state index in [0.717, 1.165) is 0 Å². The van der Waals surface area contributed by atoms with Crippen LogP contribution in [0.5, 0.6) is 11.5 Å². The van der Waals surface area contributed by atoms with Crippen LogP contribution in [0.2, 0.25) is 0 Å². The highest BCUT2D eigenvalue weighted by molar-refractivity contribution is 5.92. The Kier molecular flexibility index (Phi) is 1.97. The summed E-state index contributed by atoms with van der Waals surface area (Å²) in [4.78, 5) is 10.9. The van der Waals surface area contributed by atoms with Gasteiger partial charge in [0.1, 0.15) is 5.69 Å². The number of benzene rings is 1. The standard InChI is InChI=1S/C10H7N3O4/c14-10(15)9-8(11-13-12-9)5-1-2-6-7(3-5)17-4-16-6/h1-3H,4H2,(H,14,15)(H,11,12,13). The van der Waals surface area contributed by atoms with E-state index >= 15 is 0 Å². The normalized spacial score (nSPS) is 12.7. The first kappa shape index (κ1) is 9.64. The lowest BCUT2D eigenvalue weighted by Crippen LogP contribution is -1.99. The second-order valence-electron chi connectivity index (χ2n) is 3.41. The van der Waals surface area contributed by atoms with Gasteiger partial charge in [-0.1, -0.05) is 5.21 Å². The zero-order valence-electron chi connectivity index (χ0n) is 8.51. The zero-order chi connectivity index (χ0) is 11.8. The predicted octanol–water partition coefficient (Wildman–Crippen LogP) is 0.899. The molecule has 3 rings (SSSR count). The minimum Gasteiger partial charge on any atom is -0.476 e. The lowest BCUT2D eigenvalue weighted by atomic mass is 10.1. The molecule has 1 aliphatic heterocycles. The van der Waals surface area contributed by atoms with Crippen LogP contribution in [0.25, 0.3) is 11.3 Å². The van der Waals surface area contributed by atoms with Gasteiger partial charge in [-0.05, 0) is 18.2 Å². The number of nitrogens with one attached hydrogen (secondary N) is 1. The Bertz CT molecular complexity index is 593. The summed E-state index contributed by atoms with van der Waals surface area (Å²) in [6.07, 6.45) is 0. The summed E-state index contributed by atoms with van der Waals surface area (Å²) >= 11 is 0. The molecule has 7 nitrogen and oxygen atoms in total. The van der Waals surface area contributed by atoms with Crippen molar-refractivity contribution in [3.8, 4) is 22.8 Å². The van der Waals surface area contributed by atoms with Gasteiger partial charge in [-0.25, -0.2) is 4.79 Å². The Morgan fingerprint density at radius 1 is 1.35 bits per heavy atom. The van der Waals surface area contributed by atoms with Gasteiger partial charge >= 0.3 is 5.97 Å². The van der Waals surface area contributed by atoms with Crippen LogP contribution in [0.1, 0.15) is 10.5 Å². The molecule has 0 amide bonds. The number of ether oxygens (including phenoxy) is 2. The molecule has 0 saturated heterocycles. The predicted molar refractivity (Wildman–Crippen MR) is 54.9 cm³/mol. The van der Waals surface area contributed by atoms with Gasteiger partial charge in [-0.15, -0.1) is 5.10 Å². The quantitative estimate of drug-likeness (QED) is 0.799. The Labute approximate surface area is 95.0 Å². The highest BCUT2D eigenvalue weighted by Gasteiger charge is 2.19. The van der Waals surface area contributed by atoms with E-state index < -0.39 is 5.97 Å². The lowest BCUT2D eigenvalue weighted by Gasteiger charge is -2.00. The largest absolute Gasteiger partial charge is 0.476 e. The fourth-order valence-corrected chi connectivity index (χ4v) is 1.62. The average molecular weight is 233 g/mol. The second kappa shape index (κ2) is 3.48. The van der Waals surface area contributed by atoms with Gasteiger partial charge in [0, 0.05) is 5.56 Å². The number of fused-ring (bicyclic) bond motifs is 1. The summed E-state index contributed by atoms with van der Waals surface area (Å²) in [6, 6.07) is 5.09. The smallest absolute Gasteiger partial charge is 0.356 e. The average Bonchev–Trinajstić information content (AvgIpc) is 2.96. The van der Waals surface area contributed by atoms with Crippen LogP contribution in [0.15, 0.2) is 18.2 Å². The van der Waals surface area contributed by atoms with Gasteiger partial charge in [0.15, 0.2) is 17.2 Å². The molecule has 7 heteroatoms. The van der Waals surface area contributed by atoms with Crippen LogP contribution in [0.3, 0.4) is 0 Å². The summed E-state index contributed by atoms with van der Waals surface area (Å²) in [7, 11) is 0. The molecule has 0 atom stereocenters. The van der Waals surface area contributed by atoms with E-state index in [9.17, 15) is 4.79 Å². The van der Waals surface area contributed by atoms with Crippen molar-refractivity contribution in [3.05, 3.63) is 23.9 Å². The summed E-state index contributed by atoms with van der Waals surface area (Å²) in [5, 5.41) is 18.5. The van der Waals surface area contributed by atoms with E-state index in [1.807, 2.05) is 0 Å². The van der Waals surface area contributed by atoms with Crippen LogP contribution in [-0.4, -0.2) is 33.3 Å². The number of aromatic amines is 1.